The Morgan fingerprint density at radius 1 is 0.537 bits per heavy atom. The van der Waals surface area contributed by atoms with Crippen LogP contribution in [0.3, 0.4) is 0 Å². The lowest BCUT2D eigenvalue weighted by atomic mass is 10.0. The van der Waals surface area contributed by atoms with E-state index in [2.05, 4.69) is 0 Å². The quantitative estimate of drug-likeness (QED) is 0.0965. The number of phenolic OH excluding ortho intramolecular Hbond substituents is 7. The molecule has 7 N–H and O–H groups in total. The topological polar surface area (TPSA) is 176 Å². The van der Waals surface area contributed by atoms with Crippen LogP contribution in [0.1, 0.15) is 27.6 Å². The molecule has 5 rings (SSSR count). The maximum Gasteiger partial charge on any atom is 0.159 e. The van der Waals surface area contributed by atoms with E-state index in [1.54, 1.807) is 18.2 Å². The van der Waals surface area contributed by atoms with Crippen LogP contribution >= 0.6 is 0 Å². The Labute approximate surface area is 240 Å². The number of carbonyl (C=O) groups is 2. The van der Waals surface area contributed by atoms with Crippen molar-refractivity contribution in [3.63, 3.8) is 0 Å². The van der Waals surface area contributed by atoms with E-state index in [9.17, 15) is 24.9 Å². The number of carbonyl (C=O) groups excluding carboxylic acids is 2. The average molecular weight is 578 g/mol. The van der Waals surface area contributed by atoms with Gasteiger partial charge in [0.15, 0.2) is 35.1 Å². The molecule has 0 radical (unpaired) electrons. The Bertz CT molecular complexity index is 1680. The van der Waals surface area contributed by atoms with Crippen molar-refractivity contribution in [2.45, 2.75) is 6.92 Å². The second-order valence-electron chi connectivity index (χ2n) is 8.57. The summed E-state index contributed by atoms with van der Waals surface area (Å²) < 4.78 is 0. The number of fused-ring (bicyclic) bond motifs is 1. The zero-order chi connectivity index (χ0) is 29.4. The minimum atomic E-state index is -0.266. The highest BCUT2D eigenvalue weighted by Gasteiger charge is 2.05. The van der Waals surface area contributed by atoms with Gasteiger partial charge in [0.2, 0.25) is 0 Å². The summed E-state index contributed by atoms with van der Waals surface area (Å²) in [4.78, 5) is 20.8. The first kappa shape index (κ1) is 31.8. The van der Waals surface area contributed by atoms with Gasteiger partial charge in [0.05, 0.1) is 5.56 Å². The number of Topliss-reactive ketones (excluding diaryl/α,β-unsaturated/α-hetero) is 1. The Kier molecular flexibility index (Phi) is 10.9. The number of ketones is 1. The van der Waals surface area contributed by atoms with E-state index in [1.807, 2.05) is 24.3 Å². The van der Waals surface area contributed by atoms with E-state index < -0.39 is 0 Å². The van der Waals surface area contributed by atoms with Crippen molar-refractivity contribution in [1.29, 1.82) is 0 Å². The van der Waals surface area contributed by atoms with Crippen molar-refractivity contribution in [2.24, 2.45) is 0 Å². The molecule has 0 aliphatic carbocycles. The number of hydrogen-bond donors (Lipinski definition) is 7. The number of benzene rings is 5. The summed E-state index contributed by atoms with van der Waals surface area (Å²) in [5.41, 5.74) is 2.28. The van der Waals surface area contributed by atoms with Gasteiger partial charge in [-0.1, -0.05) is 24.3 Å². The Morgan fingerprint density at radius 2 is 1.07 bits per heavy atom. The largest absolute Gasteiger partial charge is 1.00 e. The van der Waals surface area contributed by atoms with Gasteiger partial charge in [0, 0.05) is 11.6 Å². The van der Waals surface area contributed by atoms with Crippen LogP contribution in [0, 0.1) is 0 Å². The summed E-state index contributed by atoms with van der Waals surface area (Å²) in [7, 11) is 0. The molecule has 9 nitrogen and oxygen atoms in total. The fourth-order valence-corrected chi connectivity index (χ4v) is 3.49. The first-order chi connectivity index (χ1) is 19.0. The Balaban J connectivity index is 0.000000230. The molecule has 0 amide bonds. The van der Waals surface area contributed by atoms with Crippen molar-refractivity contribution in [3.05, 3.63) is 102 Å². The number of aldehydes is 1. The molecule has 0 bridgehead atoms. The SMILES string of the molecule is CC(=O)c1ccc(O)c(O)c1.O=Cc1ccc(O)cc1O.Oc1ccc2ccc(-c3ccc(O)c(O)c3)cc2c1.[Cl-]. The maximum absolute atomic E-state index is 10.7. The molecule has 0 fully saturated rings. The number of phenols is 7. The molecule has 41 heavy (non-hydrogen) atoms. The molecular weight excluding hydrogens is 552 g/mol. The molecule has 0 aliphatic heterocycles. The number of aromatic hydroxyl groups is 7. The minimum Gasteiger partial charge on any atom is -1.00 e. The lowest BCUT2D eigenvalue weighted by Crippen LogP contribution is -3.00. The van der Waals surface area contributed by atoms with Crippen molar-refractivity contribution in [1.82, 2.24) is 0 Å². The van der Waals surface area contributed by atoms with Gasteiger partial charge in [-0.05, 0) is 89.5 Å². The Hall–Kier alpha value is -5.41. The van der Waals surface area contributed by atoms with Crippen LogP contribution in [0.2, 0.25) is 0 Å². The van der Waals surface area contributed by atoms with E-state index in [4.69, 9.17) is 20.4 Å². The summed E-state index contributed by atoms with van der Waals surface area (Å²) in [5.74, 6) is -0.931. The third-order valence-corrected chi connectivity index (χ3v) is 5.66. The molecule has 0 spiro atoms. The highest BCUT2D eigenvalue weighted by molar-refractivity contribution is 5.94. The van der Waals surface area contributed by atoms with Crippen LogP contribution in [0.25, 0.3) is 21.9 Å². The zero-order valence-corrected chi connectivity index (χ0v) is 22.3. The van der Waals surface area contributed by atoms with Crippen LogP contribution in [-0.2, 0) is 0 Å². The van der Waals surface area contributed by atoms with Crippen molar-refractivity contribution in [3.8, 4) is 51.4 Å². The summed E-state index contributed by atoms with van der Waals surface area (Å²) in [6, 6.07) is 23.5. The standard InChI is InChI=1S/C16H12O3.C8H8O3.C7H6O3.ClH/c17-14-5-3-10-1-2-11(7-13(10)8-14)12-4-6-15(18)16(19)9-12;1-5(9)6-2-3-7(10)8(11)4-6;8-4-5-1-2-6(9)3-7(5)10;/h1-9,17-19H;2-4,10-11H,1H3;1-4,9-10H;1H/p-1. The zero-order valence-electron chi connectivity index (χ0n) is 21.6. The van der Waals surface area contributed by atoms with Gasteiger partial charge in [-0.3, -0.25) is 9.59 Å². The smallest absolute Gasteiger partial charge is 0.159 e. The maximum atomic E-state index is 10.7. The van der Waals surface area contributed by atoms with Crippen LogP contribution in [-0.4, -0.2) is 47.8 Å². The van der Waals surface area contributed by atoms with Crippen LogP contribution in [0.15, 0.2) is 91.0 Å². The van der Waals surface area contributed by atoms with Crippen LogP contribution in [0.5, 0.6) is 40.2 Å². The molecule has 0 aromatic heterocycles. The van der Waals surface area contributed by atoms with Crippen molar-refractivity contribution >= 4 is 22.8 Å². The second-order valence-corrected chi connectivity index (χ2v) is 8.57. The molecular formula is C31H26ClO9-. The summed E-state index contributed by atoms with van der Waals surface area (Å²) >= 11 is 0. The molecule has 0 unspecified atom stereocenters. The van der Waals surface area contributed by atoms with Gasteiger partial charge in [0.25, 0.3) is 0 Å². The molecule has 0 saturated carbocycles. The third kappa shape index (κ3) is 8.54. The number of rotatable bonds is 3. The van der Waals surface area contributed by atoms with Crippen LogP contribution in [0.4, 0.5) is 0 Å². The third-order valence-electron chi connectivity index (χ3n) is 5.66. The minimum absolute atomic E-state index is 0. The Morgan fingerprint density at radius 3 is 1.66 bits per heavy atom. The van der Waals surface area contributed by atoms with E-state index in [0.29, 0.717) is 11.8 Å². The van der Waals surface area contributed by atoms with E-state index >= 15 is 0 Å². The molecule has 0 aliphatic rings. The lowest BCUT2D eigenvalue weighted by molar-refractivity contribution is -0.0000289. The number of halogens is 1. The van der Waals surface area contributed by atoms with E-state index in [0.717, 1.165) is 28.0 Å². The lowest BCUT2D eigenvalue weighted by Gasteiger charge is -2.06. The first-order valence-corrected chi connectivity index (χ1v) is 11.7. The predicted octanol–water partition coefficient (Wildman–Crippen LogP) is 2.84. The van der Waals surface area contributed by atoms with Gasteiger partial charge in [-0.25, -0.2) is 0 Å². The van der Waals surface area contributed by atoms with Gasteiger partial charge in [-0.15, -0.1) is 0 Å². The summed E-state index contributed by atoms with van der Waals surface area (Å²) in [6.45, 7) is 1.39. The normalized spacial score (nSPS) is 9.78. The molecule has 212 valence electrons. The number of hydrogen-bond acceptors (Lipinski definition) is 9. The monoisotopic (exact) mass is 577 g/mol. The molecule has 5 aromatic carbocycles. The first-order valence-electron chi connectivity index (χ1n) is 11.7. The van der Waals surface area contributed by atoms with Crippen molar-refractivity contribution in [2.75, 3.05) is 0 Å². The molecule has 0 atom stereocenters. The van der Waals surface area contributed by atoms with E-state index in [1.165, 1.54) is 49.4 Å². The van der Waals surface area contributed by atoms with Crippen LogP contribution < -0.4 is 12.4 Å². The van der Waals surface area contributed by atoms with E-state index in [-0.39, 0.29) is 64.0 Å². The van der Waals surface area contributed by atoms with Gasteiger partial charge >= 0.3 is 0 Å². The van der Waals surface area contributed by atoms with Crippen molar-refractivity contribution < 1.29 is 57.7 Å². The molecule has 5 aromatic rings. The molecule has 0 heterocycles. The fourth-order valence-electron chi connectivity index (χ4n) is 3.49. The highest BCUT2D eigenvalue weighted by Crippen LogP contribution is 2.32. The second kappa shape index (κ2) is 14.1. The highest BCUT2D eigenvalue weighted by atomic mass is 35.5. The predicted molar refractivity (Wildman–Crippen MR) is 149 cm³/mol. The summed E-state index contributed by atoms with van der Waals surface area (Å²) in [5, 5.41) is 65.8. The van der Waals surface area contributed by atoms with Gasteiger partial charge in [0.1, 0.15) is 17.2 Å². The summed E-state index contributed by atoms with van der Waals surface area (Å²) in [6.07, 6.45) is 0.523. The molecule has 10 heteroatoms. The van der Waals surface area contributed by atoms with Gasteiger partial charge < -0.3 is 48.2 Å². The van der Waals surface area contributed by atoms with Gasteiger partial charge in [-0.2, -0.15) is 0 Å². The fraction of sp³-hybridized carbons (Fsp3) is 0.0323. The molecule has 0 saturated heterocycles. The average Bonchev–Trinajstić information content (AvgIpc) is 2.92.